The van der Waals surface area contributed by atoms with E-state index >= 15 is 0 Å². The lowest BCUT2D eigenvalue weighted by Crippen LogP contribution is -2.32. The van der Waals surface area contributed by atoms with Gasteiger partial charge in [0.15, 0.2) is 11.4 Å². The van der Waals surface area contributed by atoms with Gasteiger partial charge in [-0.2, -0.15) is 5.10 Å². The van der Waals surface area contributed by atoms with Gasteiger partial charge in [-0.3, -0.25) is 9.48 Å². The number of aryl methyl sites for hydroxylation is 2. The molecule has 4 heterocycles. The number of nitrogens with zero attached hydrogens (tertiary/aromatic N) is 3. The SMILES string of the molecule is Cc1nn(C)c2nc(-c3ccco3)cc(C(=O)N[C@H]3CCOc4ccccc43)c12. The van der Waals surface area contributed by atoms with Gasteiger partial charge in [-0.05, 0) is 31.2 Å². The molecule has 4 aromatic rings. The summed E-state index contributed by atoms with van der Waals surface area (Å²) in [6, 6.07) is 13.1. The summed E-state index contributed by atoms with van der Waals surface area (Å²) in [7, 11) is 1.82. The Labute approximate surface area is 167 Å². The lowest BCUT2D eigenvalue weighted by Gasteiger charge is -2.26. The largest absolute Gasteiger partial charge is 0.493 e. The minimum Gasteiger partial charge on any atom is -0.493 e. The van der Waals surface area contributed by atoms with Crippen molar-refractivity contribution in [1.82, 2.24) is 20.1 Å². The summed E-state index contributed by atoms with van der Waals surface area (Å²) in [6.45, 7) is 2.45. The molecule has 0 radical (unpaired) electrons. The zero-order valence-corrected chi connectivity index (χ0v) is 16.2. The van der Waals surface area contributed by atoms with E-state index in [0.29, 0.717) is 35.7 Å². The van der Waals surface area contributed by atoms with Gasteiger partial charge in [-0.1, -0.05) is 18.2 Å². The van der Waals surface area contributed by atoms with E-state index in [0.717, 1.165) is 22.4 Å². The Morgan fingerprint density at radius 2 is 2.10 bits per heavy atom. The van der Waals surface area contributed by atoms with Gasteiger partial charge in [0.25, 0.3) is 5.91 Å². The summed E-state index contributed by atoms with van der Waals surface area (Å²) in [6.07, 6.45) is 2.31. The van der Waals surface area contributed by atoms with Crippen LogP contribution in [0.3, 0.4) is 0 Å². The molecule has 1 aliphatic heterocycles. The predicted molar refractivity (Wildman–Crippen MR) is 108 cm³/mol. The second kappa shape index (κ2) is 6.77. The molecule has 0 bridgehead atoms. The maximum absolute atomic E-state index is 13.4. The lowest BCUT2D eigenvalue weighted by molar-refractivity contribution is 0.0926. The molecule has 7 nitrogen and oxygen atoms in total. The molecule has 1 N–H and O–H groups in total. The summed E-state index contributed by atoms with van der Waals surface area (Å²) >= 11 is 0. The van der Waals surface area contributed by atoms with E-state index in [4.69, 9.17) is 9.15 Å². The number of nitrogens with one attached hydrogen (secondary N) is 1. The first-order valence-electron chi connectivity index (χ1n) is 9.52. The molecule has 3 aromatic heterocycles. The number of carbonyl (C=O) groups excluding carboxylic acids is 1. The molecule has 0 spiro atoms. The minimum absolute atomic E-state index is 0.111. The molecule has 0 unspecified atom stereocenters. The highest BCUT2D eigenvalue weighted by molar-refractivity contribution is 6.07. The van der Waals surface area contributed by atoms with Crippen LogP contribution < -0.4 is 10.1 Å². The van der Waals surface area contributed by atoms with E-state index in [-0.39, 0.29) is 11.9 Å². The van der Waals surface area contributed by atoms with Crippen molar-refractivity contribution in [1.29, 1.82) is 0 Å². The first-order chi connectivity index (χ1) is 14.1. The second-order valence-corrected chi connectivity index (χ2v) is 7.14. The number of aromatic nitrogens is 3. The van der Waals surface area contributed by atoms with E-state index in [2.05, 4.69) is 15.4 Å². The molecule has 0 fully saturated rings. The Bertz CT molecular complexity index is 1210. The van der Waals surface area contributed by atoms with Crippen molar-refractivity contribution in [2.24, 2.45) is 7.05 Å². The van der Waals surface area contributed by atoms with Gasteiger partial charge in [0.1, 0.15) is 11.4 Å². The van der Waals surface area contributed by atoms with Gasteiger partial charge in [0, 0.05) is 19.0 Å². The molecule has 1 aliphatic rings. The maximum atomic E-state index is 13.4. The van der Waals surface area contributed by atoms with Gasteiger partial charge in [-0.25, -0.2) is 4.98 Å². The van der Waals surface area contributed by atoms with Crippen molar-refractivity contribution in [3.63, 3.8) is 0 Å². The topological polar surface area (TPSA) is 82.2 Å². The summed E-state index contributed by atoms with van der Waals surface area (Å²) < 4.78 is 12.9. The highest BCUT2D eigenvalue weighted by atomic mass is 16.5. The Morgan fingerprint density at radius 3 is 2.93 bits per heavy atom. The third-order valence-corrected chi connectivity index (χ3v) is 5.25. The number of carbonyl (C=O) groups is 1. The number of benzene rings is 1. The number of furan rings is 1. The summed E-state index contributed by atoms with van der Waals surface area (Å²) in [4.78, 5) is 18.0. The van der Waals surface area contributed by atoms with E-state index in [9.17, 15) is 4.79 Å². The third kappa shape index (κ3) is 2.95. The monoisotopic (exact) mass is 388 g/mol. The van der Waals surface area contributed by atoms with Crippen molar-refractivity contribution < 1.29 is 13.9 Å². The molecule has 1 amide bonds. The number of amides is 1. The highest BCUT2D eigenvalue weighted by Crippen LogP contribution is 2.33. The molecule has 0 aliphatic carbocycles. The number of para-hydroxylation sites is 1. The number of hydrogen-bond donors (Lipinski definition) is 1. The smallest absolute Gasteiger partial charge is 0.252 e. The van der Waals surface area contributed by atoms with Crippen molar-refractivity contribution in [3.8, 4) is 17.2 Å². The Kier molecular flexibility index (Phi) is 4.08. The van der Waals surface area contributed by atoms with E-state index in [1.54, 1.807) is 23.1 Å². The zero-order valence-electron chi connectivity index (χ0n) is 16.2. The third-order valence-electron chi connectivity index (χ3n) is 5.25. The number of rotatable bonds is 3. The van der Waals surface area contributed by atoms with Crippen molar-refractivity contribution >= 4 is 16.9 Å². The normalized spacial score (nSPS) is 15.7. The van der Waals surface area contributed by atoms with Crippen molar-refractivity contribution in [2.45, 2.75) is 19.4 Å². The number of ether oxygens (including phenoxy) is 1. The summed E-state index contributed by atoms with van der Waals surface area (Å²) in [5.41, 5.74) is 3.54. The van der Waals surface area contributed by atoms with Crippen LogP contribution in [0.2, 0.25) is 0 Å². The quantitative estimate of drug-likeness (QED) is 0.577. The minimum atomic E-state index is -0.164. The average Bonchev–Trinajstić information content (AvgIpc) is 3.36. The van der Waals surface area contributed by atoms with Crippen LogP contribution in [0, 0.1) is 6.92 Å². The first kappa shape index (κ1) is 17.5. The van der Waals surface area contributed by atoms with Crippen LogP contribution >= 0.6 is 0 Å². The van der Waals surface area contributed by atoms with Crippen LogP contribution in [0.4, 0.5) is 0 Å². The van der Waals surface area contributed by atoms with Crippen molar-refractivity contribution in [3.05, 3.63) is 65.5 Å². The Hall–Kier alpha value is -3.61. The van der Waals surface area contributed by atoms with Gasteiger partial charge < -0.3 is 14.5 Å². The molecule has 1 aromatic carbocycles. The van der Waals surface area contributed by atoms with Crippen LogP contribution in [-0.4, -0.2) is 27.3 Å². The van der Waals surface area contributed by atoms with Gasteiger partial charge >= 0.3 is 0 Å². The Balaban J connectivity index is 1.58. The molecule has 0 saturated carbocycles. The van der Waals surface area contributed by atoms with E-state index in [1.807, 2.05) is 44.3 Å². The van der Waals surface area contributed by atoms with Crippen LogP contribution in [-0.2, 0) is 7.05 Å². The van der Waals surface area contributed by atoms with Gasteiger partial charge in [0.05, 0.1) is 35.6 Å². The Morgan fingerprint density at radius 1 is 1.24 bits per heavy atom. The fraction of sp³-hybridized carbons (Fsp3) is 0.227. The number of hydrogen-bond acceptors (Lipinski definition) is 5. The summed E-state index contributed by atoms with van der Waals surface area (Å²) in [5.74, 6) is 1.26. The molecule has 146 valence electrons. The van der Waals surface area contributed by atoms with Gasteiger partial charge in [-0.15, -0.1) is 0 Å². The molecule has 5 rings (SSSR count). The van der Waals surface area contributed by atoms with Crippen LogP contribution in [0.15, 0.2) is 53.1 Å². The fourth-order valence-corrected chi connectivity index (χ4v) is 3.90. The fourth-order valence-electron chi connectivity index (χ4n) is 3.90. The zero-order chi connectivity index (χ0) is 20.0. The van der Waals surface area contributed by atoms with Crippen LogP contribution in [0.1, 0.15) is 34.1 Å². The molecule has 29 heavy (non-hydrogen) atoms. The highest BCUT2D eigenvalue weighted by Gasteiger charge is 2.26. The number of pyridine rings is 1. The van der Waals surface area contributed by atoms with E-state index < -0.39 is 0 Å². The van der Waals surface area contributed by atoms with Crippen LogP contribution in [0.5, 0.6) is 5.75 Å². The molecular weight excluding hydrogens is 368 g/mol. The predicted octanol–water partition coefficient (Wildman–Crippen LogP) is 3.79. The van der Waals surface area contributed by atoms with E-state index in [1.165, 1.54) is 0 Å². The molecule has 1 atom stereocenters. The molecule has 7 heteroatoms. The number of fused-ring (bicyclic) bond motifs is 2. The molecule has 0 saturated heterocycles. The van der Waals surface area contributed by atoms with Gasteiger partial charge in [0.2, 0.25) is 0 Å². The second-order valence-electron chi connectivity index (χ2n) is 7.14. The average molecular weight is 388 g/mol. The standard InChI is InChI=1S/C22H20N4O3/c1-13-20-15(12-17(19-8-5-10-28-19)23-21(20)26(2)25-13)22(27)24-16-9-11-29-18-7-4-3-6-14(16)18/h3-8,10,12,16H,9,11H2,1-2H3,(H,24,27)/t16-/m0/s1. The van der Waals surface area contributed by atoms with Crippen LogP contribution in [0.25, 0.3) is 22.5 Å². The maximum Gasteiger partial charge on any atom is 0.252 e. The summed E-state index contributed by atoms with van der Waals surface area (Å²) in [5, 5.41) is 8.39. The molecular formula is C22H20N4O3. The lowest BCUT2D eigenvalue weighted by atomic mass is 9.99. The first-order valence-corrected chi connectivity index (χ1v) is 9.52. The van der Waals surface area contributed by atoms with Crippen molar-refractivity contribution in [2.75, 3.05) is 6.61 Å².